The lowest BCUT2D eigenvalue weighted by atomic mass is 9.94. The minimum atomic E-state index is -0.272. The fourth-order valence-electron chi connectivity index (χ4n) is 2.95. The number of hydrogen-bond acceptors (Lipinski definition) is 5. The predicted octanol–water partition coefficient (Wildman–Crippen LogP) is 5.34. The third kappa shape index (κ3) is 3.46. The number of ketones is 1. The minimum Gasteiger partial charge on any atom is -0.496 e. The van der Waals surface area contributed by atoms with E-state index in [4.69, 9.17) is 14.2 Å². The van der Waals surface area contributed by atoms with Crippen LogP contribution in [0.3, 0.4) is 0 Å². The van der Waals surface area contributed by atoms with Gasteiger partial charge in [-0.15, -0.1) is 11.3 Å². The van der Waals surface area contributed by atoms with Gasteiger partial charge in [0.05, 0.1) is 21.3 Å². The second kappa shape index (κ2) is 8.10. The molecule has 3 rings (SSSR count). The smallest absolute Gasteiger partial charge is 0.200 e. The van der Waals surface area contributed by atoms with E-state index in [1.165, 1.54) is 7.11 Å². The Labute approximate surface area is 162 Å². The predicted molar refractivity (Wildman–Crippen MR) is 109 cm³/mol. The summed E-state index contributed by atoms with van der Waals surface area (Å²) in [6, 6.07) is 14.9. The van der Waals surface area contributed by atoms with Gasteiger partial charge in [0.2, 0.25) is 5.78 Å². The number of thiophene rings is 1. The first-order chi connectivity index (χ1) is 13.1. The number of carbonyl (C=O) groups excluding carboxylic acids is 1. The maximum atomic E-state index is 13.4. The van der Waals surface area contributed by atoms with Crippen molar-refractivity contribution < 1.29 is 19.0 Å². The van der Waals surface area contributed by atoms with Gasteiger partial charge in [-0.05, 0) is 29.6 Å². The molecule has 1 aromatic heterocycles. The molecule has 0 amide bonds. The number of methoxy groups -OCH3 is 3. The van der Waals surface area contributed by atoms with Crippen LogP contribution in [0.5, 0.6) is 17.2 Å². The Balaban J connectivity index is 2.16. The van der Waals surface area contributed by atoms with Gasteiger partial charge in [-0.2, -0.15) is 0 Å². The first-order valence-electron chi connectivity index (χ1n) is 8.28. The first kappa shape index (κ1) is 18.7. The third-order valence-electron chi connectivity index (χ3n) is 4.26. The van der Waals surface area contributed by atoms with E-state index in [1.807, 2.05) is 35.7 Å². The third-order valence-corrected chi connectivity index (χ3v) is 5.17. The zero-order chi connectivity index (χ0) is 19.4. The summed E-state index contributed by atoms with van der Waals surface area (Å²) < 4.78 is 16.5. The van der Waals surface area contributed by atoms with Crippen molar-refractivity contribution in [1.82, 2.24) is 0 Å². The van der Waals surface area contributed by atoms with Crippen molar-refractivity contribution >= 4 is 22.7 Å². The number of benzene rings is 2. The van der Waals surface area contributed by atoms with Crippen LogP contribution in [-0.2, 0) is 0 Å². The van der Waals surface area contributed by atoms with Crippen molar-refractivity contribution in [2.75, 3.05) is 21.3 Å². The van der Waals surface area contributed by atoms with Gasteiger partial charge in [0.15, 0.2) is 0 Å². The van der Waals surface area contributed by atoms with E-state index in [1.54, 1.807) is 43.8 Å². The molecule has 2 aromatic carbocycles. The molecule has 0 N–H and O–H groups in total. The Morgan fingerprint density at radius 3 is 2.26 bits per heavy atom. The lowest BCUT2D eigenvalue weighted by Gasteiger charge is -2.17. The molecule has 0 fully saturated rings. The van der Waals surface area contributed by atoms with Crippen molar-refractivity contribution in [3.8, 4) is 27.7 Å². The lowest BCUT2D eigenvalue weighted by molar-refractivity contribution is 0.105. The number of para-hydroxylation sites is 1. The molecule has 27 heavy (non-hydrogen) atoms. The average Bonchev–Trinajstić information content (AvgIpc) is 3.26. The highest BCUT2D eigenvalue weighted by molar-refractivity contribution is 7.13. The highest BCUT2D eigenvalue weighted by atomic mass is 32.1. The van der Waals surface area contributed by atoms with Crippen molar-refractivity contribution in [2.24, 2.45) is 0 Å². The van der Waals surface area contributed by atoms with Crippen molar-refractivity contribution in [3.63, 3.8) is 0 Å². The van der Waals surface area contributed by atoms with E-state index in [2.05, 4.69) is 6.58 Å². The number of Topliss-reactive ketones (excluding diaryl/α,β-unsaturated/α-hetero) is 1. The van der Waals surface area contributed by atoms with Gasteiger partial charge >= 0.3 is 0 Å². The molecule has 0 saturated carbocycles. The molecule has 0 saturated heterocycles. The van der Waals surface area contributed by atoms with Crippen LogP contribution in [0.4, 0.5) is 0 Å². The monoisotopic (exact) mass is 380 g/mol. The van der Waals surface area contributed by atoms with Crippen LogP contribution < -0.4 is 14.2 Å². The van der Waals surface area contributed by atoms with E-state index in [-0.39, 0.29) is 5.78 Å². The second-order valence-electron chi connectivity index (χ2n) is 5.71. The molecule has 3 aromatic rings. The number of hydrogen-bond donors (Lipinski definition) is 0. The first-order valence-corrected chi connectivity index (χ1v) is 9.16. The molecule has 1 heterocycles. The molecular formula is C22H20O4S. The average molecular weight is 380 g/mol. The van der Waals surface area contributed by atoms with E-state index in [9.17, 15) is 4.79 Å². The molecule has 0 aliphatic rings. The van der Waals surface area contributed by atoms with Crippen LogP contribution in [-0.4, -0.2) is 27.1 Å². The fourth-order valence-corrected chi connectivity index (χ4v) is 3.70. The van der Waals surface area contributed by atoms with Crippen LogP contribution in [0.15, 0.2) is 60.5 Å². The zero-order valence-corrected chi connectivity index (χ0v) is 16.3. The maximum Gasteiger partial charge on any atom is 0.200 e. The Morgan fingerprint density at radius 1 is 0.889 bits per heavy atom. The highest BCUT2D eigenvalue weighted by Gasteiger charge is 2.26. The van der Waals surface area contributed by atoms with E-state index < -0.39 is 0 Å². The molecular weight excluding hydrogens is 360 g/mol. The summed E-state index contributed by atoms with van der Waals surface area (Å²) in [6.07, 6.45) is 0. The Hall–Kier alpha value is -3.05. The van der Waals surface area contributed by atoms with Crippen LogP contribution in [0, 0.1) is 0 Å². The van der Waals surface area contributed by atoms with Gasteiger partial charge < -0.3 is 14.2 Å². The van der Waals surface area contributed by atoms with Crippen molar-refractivity contribution in [1.29, 1.82) is 0 Å². The normalized spacial score (nSPS) is 10.3. The van der Waals surface area contributed by atoms with E-state index >= 15 is 0 Å². The summed E-state index contributed by atoms with van der Waals surface area (Å²) in [6.45, 7) is 4.02. The Morgan fingerprint density at radius 2 is 1.63 bits per heavy atom. The van der Waals surface area contributed by atoms with Gasteiger partial charge in [0.1, 0.15) is 22.8 Å². The Bertz CT molecular complexity index is 974. The number of carbonyl (C=O) groups is 1. The molecule has 0 unspecified atom stereocenters. The van der Waals surface area contributed by atoms with Crippen molar-refractivity contribution in [3.05, 3.63) is 71.6 Å². The summed E-state index contributed by atoms with van der Waals surface area (Å²) >= 11 is 1.58. The Kier molecular flexibility index (Phi) is 5.62. The highest BCUT2D eigenvalue weighted by Crippen LogP contribution is 2.42. The van der Waals surface area contributed by atoms with E-state index in [0.29, 0.717) is 33.9 Å². The molecule has 5 heteroatoms. The molecule has 0 spiro atoms. The van der Waals surface area contributed by atoms with Gasteiger partial charge in [-0.25, -0.2) is 0 Å². The molecule has 138 valence electrons. The van der Waals surface area contributed by atoms with Crippen molar-refractivity contribution in [2.45, 2.75) is 0 Å². The quantitative estimate of drug-likeness (QED) is 0.410. The maximum absolute atomic E-state index is 13.4. The fraction of sp³-hybridized carbons (Fsp3) is 0.136. The van der Waals surface area contributed by atoms with Crippen LogP contribution in [0.1, 0.15) is 15.9 Å². The molecule has 0 radical (unpaired) electrons. The molecule has 0 aliphatic heterocycles. The van der Waals surface area contributed by atoms with Gasteiger partial charge in [0, 0.05) is 21.6 Å². The summed E-state index contributed by atoms with van der Waals surface area (Å²) in [5.74, 6) is 1.22. The number of ether oxygens (including phenoxy) is 3. The topological polar surface area (TPSA) is 44.8 Å². The zero-order valence-electron chi connectivity index (χ0n) is 15.4. The standard InChI is InChI=1S/C22H20O4S/c1-14(15-8-5-6-9-17(15)24-2)21(23)20-18(25-3)12-11-16(22(20)26-4)19-10-7-13-27-19/h5-13H,1H2,2-4H3. The molecule has 0 aliphatic carbocycles. The SMILES string of the molecule is C=C(C(=O)c1c(OC)ccc(-c2cccs2)c1OC)c1ccccc1OC. The van der Waals surface area contributed by atoms with Crippen LogP contribution in [0.2, 0.25) is 0 Å². The lowest BCUT2D eigenvalue weighted by Crippen LogP contribution is -2.08. The van der Waals surface area contributed by atoms with E-state index in [0.717, 1.165) is 10.4 Å². The van der Waals surface area contributed by atoms with Crippen LogP contribution in [0.25, 0.3) is 16.0 Å². The molecule has 4 nitrogen and oxygen atoms in total. The second-order valence-corrected chi connectivity index (χ2v) is 6.66. The minimum absolute atomic E-state index is 0.272. The van der Waals surface area contributed by atoms with Gasteiger partial charge in [0.25, 0.3) is 0 Å². The molecule has 0 bridgehead atoms. The molecule has 0 atom stereocenters. The van der Waals surface area contributed by atoms with Crippen LogP contribution >= 0.6 is 11.3 Å². The summed E-state index contributed by atoms with van der Waals surface area (Å²) in [7, 11) is 4.64. The summed E-state index contributed by atoms with van der Waals surface area (Å²) in [5.41, 5.74) is 2.13. The van der Waals surface area contributed by atoms with Gasteiger partial charge in [-0.3, -0.25) is 4.79 Å². The summed E-state index contributed by atoms with van der Waals surface area (Å²) in [5, 5.41) is 1.98. The number of rotatable bonds is 7. The largest absolute Gasteiger partial charge is 0.496 e. The summed E-state index contributed by atoms with van der Waals surface area (Å²) in [4.78, 5) is 14.4. The van der Waals surface area contributed by atoms with Gasteiger partial charge in [-0.1, -0.05) is 30.8 Å². The number of allylic oxidation sites excluding steroid dienone is 1.